The van der Waals surface area contributed by atoms with E-state index in [0.29, 0.717) is 22.5 Å². The molecule has 1 aliphatic carbocycles. The summed E-state index contributed by atoms with van der Waals surface area (Å²) in [4.78, 5) is 22.5. The minimum absolute atomic E-state index is 0. The molecule has 4 rings (SSSR count). The van der Waals surface area contributed by atoms with Crippen molar-refractivity contribution >= 4 is 34.9 Å². The maximum atomic E-state index is 12.4. The molecule has 2 N–H and O–H groups in total. The summed E-state index contributed by atoms with van der Waals surface area (Å²) in [7, 11) is 0. The fraction of sp³-hybridized carbons (Fsp3) is 0.556. The Kier molecular flexibility index (Phi) is 5.68. The number of nitrogens with one attached hydrogen (secondary N) is 2. The molecule has 1 aliphatic heterocycles. The van der Waals surface area contributed by atoms with E-state index in [2.05, 4.69) is 20.2 Å². The summed E-state index contributed by atoms with van der Waals surface area (Å²) < 4.78 is 0. The summed E-state index contributed by atoms with van der Waals surface area (Å²) in [5, 5.41) is 4.68. The van der Waals surface area contributed by atoms with E-state index in [1.807, 2.05) is 6.07 Å². The van der Waals surface area contributed by atoms with Crippen molar-refractivity contribution in [2.45, 2.75) is 44.2 Å². The lowest BCUT2D eigenvalue weighted by Crippen LogP contribution is -2.61. The van der Waals surface area contributed by atoms with Crippen LogP contribution in [0.15, 0.2) is 23.0 Å². The van der Waals surface area contributed by atoms with Crippen molar-refractivity contribution in [1.29, 1.82) is 0 Å². The van der Waals surface area contributed by atoms with Crippen LogP contribution in [0, 0.1) is 0 Å². The number of piperazine rings is 1. The first kappa shape index (κ1) is 18.6. The van der Waals surface area contributed by atoms with Crippen molar-refractivity contribution in [2.24, 2.45) is 0 Å². The van der Waals surface area contributed by atoms with E-state index >= 15 is 0 Å². The van der Waals surface area contributed by atoms with Crippen LogP contribution in [0.3, 0.4) is 0 Å². The highest BCUT2D eigenvalue weighted by atomic mass is 35.5. The van der Waals surface area contributed by atoms with Crippen LogP contribution in [0.4, 0.5) is 0 Å². The van der Waals surface area contributed by atoms with E-state index in [9.17, 15) is 4.79 Å². The smallest absolute Gasteiger partial charge is 0.258 e. The molecule has 0 atom stereocenters. The lowest BCUT2D eigenvalue weighted by atomic mass is 9.79. The molecule has 0 bridgehead atoms. The van der Waals surface area contributed by atoms with Crippen LogP contribution < -0.4 is 10.9 Å². The molecule has 1 aromatic carbocycles. The number of hydrogen-bond donors (Lipinski definition) is 2. The number of benzene rings is 1. The van der Waals surface area contributed by atoms with Crippen LogP contribution in [-0.2, 0) is 6.54 Å². The molecule has 0 unspecified atom stereocenters. The summed E-state index contributed by atoms with van der Waals surface area (Å²) in [6.45, 7) is 3.74. The minimum atomic E-state index is -0.106. The van der Waals surface area contributed by atoms with Gasteiger partial charge in [0.05, 0.1) is 17.4 Å². The first-order valence-electron chi connectivity index (χ1n) is 8.81. The number of rotatable bonds is 2. The molecule has 1 aromatic heterocycles. The van der Waals surface area contributed by atoms with Gasteiger partial charge < -0.3 is 10.3 Å². The van der Waals surface area contributed by atoms with Gasteiger partial charge in [0.25, 0.3) is 5.56 Å². The molecule has 5 nitrogen and oxygen atoms in total. The third kappa shape index (κ3) is 3.70. The van der Waals surface area contributed by atoms with E-state index in [1.165, 1.54) is 32.1 Å². The second-order valence-corrected chi connectivity index (χ2v) is 7.49. The van der Waals surface area contributed by atoms with Crippen molar-refractivity contribution in [3.63, 3.8) is 0 Å². The monoisotopic (exact) mass is 382 g/mol. The summed E-state index contributed by atoms with van der Waals surface area (Å²) >= 11 is 5.99. The first-order valence-corrected chi connectivity index (χ1v) is 9.18. The molecule has 2 aromatic rings. The molecule has 0 radical (unpaired) electrons. The summed E-state index contributed by atoms with van der Waals surface area (Å²) in [6, 6.07) is 5.29. The standard InChI is InChI=1S/C18H23ClN4O.ClH/c19-13-4-5-15-14(10-13)17(24)22-16(21-15)11-23-9-8-20-12-18(23)6-2-1-3-7-18;/h4-5,10,20H,1-3,6-9,11-12H2,(H,21,22,24);1H. The van der Waals surface area contributed by atoms with Gasteiger partial charge in [0, 0.05) is 30.2 Å². The molecule has 0 amide bonds. The molecule has 1 spiro atoms. The molecule has 7 heteroatoms. The fourth-order valence-electron chi connectivity index (χ4n) is 4.25. The van der Waals surface area contributed by atoms with Crippen molar-refractivity contribution in [2.75, 3.05) is 19.6 Å². The molecule has 136 valence electrons. The molecule has 2 fully saturated rings. The van der Waals surface area contributed by atoms with Crippen LogP contribution in [0.5, 0.6) is 0 Å². The van der Waals surface area contributed by atoms with Crippen LogP contribution in [0.2, 0.25) is 5.02 Å². The Morgan fingerprint density at radius 1 is 1.24 bits per heavy atom. The van der Waals surface area contributed by atoms with Gasteiger partial charge in [-0.2, -0.15) is 0 Å². The Balaban J connectivity index is 0.00000182. The van der Waals surface area contributed by atoms with Crippen LogP contribution in [-0.4, -0.2) is 40.0 Å². The van der Waals surface area contributed by atoms with Gasteiger partial charge in [-0.15, -0.1) is 12.4 Å². The zero-order valence-corrected chi connectivity index (χ0v) is 15.8. The fourth-order valence-corrected chi connectivity index (χ4v) is 4.42. The van der Waals surface area contributed by atoms with E-state index < -0.39 is 0 Å². The van der Waals surface area contributed by atoms with Gasteiger partial charge in [-0.05, 0) is 31.0 Å². The maximum absolute atomic E-state index is 12.4. The van der Waals surface area contributed by atoms with Crippen LogP contribution >= 0.6 is 24.0 Å². The third-order valence-electron chi connectivity index (χ3n) is 5.52. The highest BCUT2D eigenvalue weighted by molar-refractivity contribution is 6.31. The van der Waals surface area contributed by atoms with Crippen molar-refractivity contribution in [1.82, 2.24) is 20.2 Å². The predicted molar refractivity (Wildman–Crippen MR) is 104 cm³/mol. The van der Waals surface area contributed by atoms with Gasteiger partial charge in [0.15, 0.2) is 0 Å². The molecule has 2 heterocycles. The number of aromatic nitrogens is 2. The lowest BCUT2D eigenvalue weighted by molar-refractivity contribution is 0.0189. The molecule has 1 saturated heterocycles. The number of halogens is 2. The Labute approximate surface area is 158 Å². The van der Waals surface area contributed by atoms with E-state index in [-0.39, 0.29) is 23.5 Å². The zero-order chi connectivity index (χ0) is 16.6. The number of aromatic amines is 1. The molecule has 2 aliphatic rings. The molecule has 25 heavy (non-hydrogen) atoms. The first-order chi connectivity index (χ1) is 11.7. The number of H-pyrrole nitrogens is 1. The average molecular weight is 383 g/mol. The zero-order valence-electron chi connectivity index (χ0n) is 14.2. The van der Waals surface area contributed by atoms with Crippen molar-refractivity contribution in [3.05, 3.63) is 39.4 Å². The van der Waals surface area contributed by atoms with Crippen molar-refractivity contribution < 1.29 is 0 Å². The van der Waals surface area contributed by atoms with Gasteiger partial charge in [-0.1, -0.05) is 30.9 Å². The maximum Gasteiger partial charge on any atom is 0.258 e. The van der Waals surface area contributed by atoms with E-state index in [4.69, 9.17) is 11.6 Å². The van der Waals surface area contributed by atoms with E-state index in [0.717, 1.165) is 25.5 Å². The quantitative estimate of drug-likeness (QED) is 0.837. The van der Waals surface area contributed by atoms with Gasteiger partial charge in [0.2, 0.25) is 0 Å². The third-order valence-corrected chi connectivity index (χ3v) is 5.76. The Bertz CT molecular complexity index is 793. The Hall–Kier alpha value is -1.14. The summed E-state index contributed by atoms with van der Waals surface area (Å²) in [5.41, 5.74) is 0.834. The van der Waals surface area contributed by atoms with Crippen LogP contribution in [0.25, 0.3) is 10.9 Å². The van der Waals surface area contributed by atoms with Crippen LogP contribution in [0.1, 0.15) is 37.9 Å². The summed E-state index contributed by atoms with van der Waals surface area (Å²) in [6.07, 6.45) is 6.37. The van der Waals surface area contributed by atoms with Gasteiger partial charge in [0.1, 0.15) is 5.82 Å². The molecular weight excluding hydrogens is 359 g/mol. The minimum Gasteiger partial charge on any atom is -0.314 e. The van der Waals surface area contributed by atoms with Gasteiger partial charge in [-0.25, -0.2) is 4.98 Å². The second-order valence-electron chi connectivity index (χ2n) is 7.06. The lowest BCUT2D eigenvalue weighted by Gasteiger charge is -2.49. The Morgan fingerprint density at radius 2 is 2.04 bits per heavy atom. The second kappa shape index (κ2) is 7.62. The van der Waals surface area contributed by atoms with Gasteiger partial charge in [-0.3, -0.25) is 9.69 Å². The normalized spacial score (nSPS) is 20.5. The number of hydrogen-bond acceptors (Lipinski definition) is 4. The van der Waals surface area contributed by atoms with Gasteiger partial charge >= 0.3 is 0 Å². The number of nitrogens with zero attached hydrogens (tertiary/aromatic N) is 2. The topological polar surface area (TPSA) is 61.0 Å². The predicted octanol–water partition coefficient (Wildman–Crippen LogP) is 3.11. The molecular formula is C18H24Cl2N4O. The summed E-state index contributed by atoms with van der Waals surface area (Å²) in [5.74, 6) is 0.752. The highest BCUT2D eigenvalue weighted by Crippen LogP contribution is 2.35. The van der Waals surface area contributed by atoms with E-state index in [1.54, 1.807) is 12.1 Å². The van der Waals surface area contributed by atoms with Crippen molar-refractivity contribution in [3.8, 4) is 0 Å². The average Bonchev–Trinajstić information content (AvgIpc) is 2.59. The SMILES string of the molecule is Cl.O=c1[nH]c(CN2CCNCC23CCCCC3)nc2ccc(Cl)cc12. The Morgan fingerprint density at radius 3 is 2.84 bits per heavy atom. The largest absolute Gasteiger partial charge is 0.314 e. The molecule has 1 saturated carbocycles. The number of fused-ring (bicyclic) bond motifs is 1. The highest BCUT2D eigenvalue weighted by Gasteiger charge is 2.39.